The fourth-order valence-corrected chi connectivity index (χ4v) is 18.1. The van der Waals surface area contributed by atoms with Gasteiger partial charge in [0.2, 0.25) is 0 Å². The average molecular weight is 325 g/mol. The Hall–Kier alpha value is 0.830. The first-order valence-electron chi connectivity index (χ1n) is 4.99. The molecule has 0 heterocycles. The van der Waals surface area contributed by atoms with Gasteiger partial charge in [-0.3, -0.25) is 0 Å². The van der Waals surface area contributed by atoms with Gasteiger partial charge in [0.1, 0.15) is 0 Å². The normalized spacial score (nSPS) is 15.9. The standard InChI is InChI=1S/4C2H5.CH4N.Hf/c5*1-2;/h4*1H2,2H3;2H,1H3;/q;;;;-1;+1. The molecule has 0 aliphatic carbocycles. The summed E-state index contributed by atoms with van der Waals surface area (Å²) < 4.78 is 9.51. The average Bonchev–Trinajstić information content (AvgIpc) is 2.12. The van der Waals surface area contributed by atoms with Gasteiger partial charge in [-0.05, 0) is 0 Å². The maximum atomic E-state index is 3.75. The molecule has 0 aromatic carbocycles. The molecule has 1 N–H and O–H groups in total. The Morgan fingerprint density at radius 2 is 1.09 bits per heavy atom. The van der Waals surface area contributed by atoms with E-state index >= 15 is 0 Å². The van der Waals surface area contributed by atoms with Crippen molar-refractivity contribution in [2.45, 2.75) is 44.4 Å². The van der Waals surface area contributed by atoms with Gasteiger partial charge >= 0.3 is 73.5 Å². The van der Waals surface area contributed by atoms with Crippen molar-refractivity contribution in [3.8, 4) is 0 Å². The van der Waals surface area contributed by atoms with Crippen LogP contribution in [0.1, 0.15) is 27.7 Å². The van der Waals surface area contributed by atoms with Crippen molar-refractivity contribution >= 4 is 0 Å². The fraction of sp³-hybridized carbons (Fsp3) is 1.00. The molecule has 11 heavy (non-hydrogen) atoms. The third-order valence-electron chi connectivity index (χ3n) is 4.41. The number of rotatable bonds is 5. The molecule has 0 aliphatic heterocycles. The first kappa shape index (κ1) is 11.8. The molecule has 0 amide bonds. The van der Waals surface area contributed by atoms with Crippen molar-refractivity contribution in [3.05, 3.63) is 0 Å². The number of hydrogen-bond donors (Lipinski definition) is 1. The van der Waals surface area contributed by atoms with Gasteiger partial charge in [-0.15, -0.1) is 0 Å². The van der Waals surface area contributed by atoms with Crippen LogP contribution in [0.15, 0.2) is 0 Å². The minimum absolute atomic E-state index is 1.44. The van der Waals surface area contributed by atoms with Crippen LogP contribution in [0.25, 0.3) is 0 Å². The first-order valence-corrected chi connectivity index (χ1v) is 17.0. The molecule has 69 valence electrons. The Morgan fingerprint density at radius 3 is 1.09 bits per heavy atom. The molecule has 0 fully saturated rings. The summed E-state index contributed by atoms with van der Waals surface area (Å²) in [5.74, 6) is 0. The monoisotopic (exact) mass is 326 g/mol. The molecule has 0 atom stereocenters. The molecule has 2 heteroatoms. The predicted molar refractivity (Wildman–Crippen MR) is 51.0 cm³/mol. The minimum atomic E-state index is -2.43. The number of hydrogen-bond acceptors (Lipinski definition) is 1. The summed E-state index contributed by atoms with van der Waals surface area (Å²) in [5.41, 5.74) is 0. The van der Waals surface area contributed by atoms with Crippen LogP contribution < -0.4 is 3.30 Å². The van der Waals surface area contributed by atoms with Gasteiger partial charge in [0.25, 0.3) is 0 Å². The van der Waals surface area contributed by atoms with Crippen molar-refractivity contribution in [1.82, 2.24) is 3.30 Å². The molecule has 0 unspecified atom stereocenters. The van der Waals surface area contributed by atoms with E-state index in [4.69, 9.17) is 0 Å². The van der Waals surface area contributed by atoms with Gasteiger partial charge in [-0.25, -0.2) is 0 Å². The van der Waals surface area contributed by atoms with Gasteiger partial charge < -0.3 is 0 Å². The Bertz CT molecular complexity index is 81.9. The zero-order valence-electron chi connectivity index (χ0n) is 8.83. The summed E-state index contributed by atoms with van der Waals surface area (Å²) in [6.07, 6.45) is 0. The van der Waals surface area contributed by atoms with Crippen molar-refractivity contribution in [1.29, 1.82) is 0 Å². The van der Waals surface area contributed by atoms with Crippen molar-refractivity contribution in [2.24, 2.45) is 0 Å². The van der Waals surface area contributed by atoms with E-state index < -0.39 is 18.8 Å². The summed E-state index contributed by atoms with van der Waals surface area (Å²) >= 11 is -2.43. The van der Waals surface area contributed by atoms with E-state index in [-0.39, 0.29) is 0 Å². The van der Waals surface area contributed by atoms with E-state index in [0.29, 0.717) is 0 Å². The predicted octanol–water partition coefficient (Wildman–Crippen LogP) is 3.56. The van der Waals surface area contributed by atoms with E-state index in [1.165, 1.54) is 16.7 Å². The number of nitrogens with one attached hydrogen (secondary N) is 1. The van der Waals surface area contributed by atoms with Crippen LogP contribution in [0.5, 0.6) is 0 Å². The summed E-state index contributed by atoms with van der Waals surface area (Å²) in [4.78, 5) is 0. The van der Waals surface area contributed by atoms with E-state index in [1.54, 1.807) is 0 Å². The summed E-state index contributed by atoms with van der Waals surface area (Å²) in [5, 5.41) is 0. The van der Waals surface area contributed by atoms with Gasteiger partial charge in [-0.1, -0.05) is 0 Å². The van der Waals surface area contributed by atoms with Crippen molar-refractivity contribution < 1.29 is 18.8 Å². The van der Waals surface area contributed by atoms with Gasteiger partial charge in [0.05, 0.1) is 0 Å². The Kier molecular flexibility index (Phi) is 4.49. The molecule has 0 aromatic heterocycles. The molecule has 0 spiro atoms. The zero-order valence-corrected chi connectivity index (χ0v) is 12.4. The van der Waals surface area contributed by atoms with Crippen LogP contribution in [0.3, 0.4) is 0 Å². The van der Waals surface area contributed by atoms with E-state index in [9.17, 15) is 0 Å². The van der Waals surface area contributed by atoms with Crippen LogP contribution >= 0.6 is 0 Å². The molecule has 0 bridgehead atoms. The van der Waals surface area contributed by atoms with Crippen molar-refractivity contribution in [3.63, 3.8) is 0 Å². The quantitative estimate of drug-likeness (QED) is 0.762. The van der Waals surface area contributed by atoms with E-state index in [1.807, 2.05) is 0 Å². The molecular weight excluding hydrogens is 301 g/mol. The molecular formula is C9H24HfN. The molecule has 0 rings (SSSR count). The van der Waals surface area contributed by atoms with E-state index in [0.717, 1.165) is 0 Å². The topological polar surface area (TPSA) is 12.0 Å². The van der Waals surface area contributed by atoms with E-state index in [2.05, 4.69) is 38.0 Å². The van der Waals surface area contributed by atoms with Crippen LogP contribution in [0.4, 0.5) is 0 Å². The molecule has 0 radical (unpaired) electrons. The molecule has 0 saturated carbocycles. The van der Waals surface area contributed by atoms with Gasteiger partial charge in [-0.2, -0.15) is 0 Å². The molecule has 0 aliphatic rings. The van der Waals surface area contributed by atoms with Crippen LogP contribution in [0, 0.1) is 0 Å². The van der Waals surface area contributed by atoms with Gasteiger partial charge in [0.15, 0.2) is 0 Å². The third-order valence-corrected chi connectivity index (χ3v) is 36.1. The first-order chi connectivity index (χ1) is 5.12. The van der Waals surface area contributed by atoms with Gasteiger partial charge in [0, 0.05) is 0 Å². The maximum absolute atomic E-state index is 3.75. The fourth-order valence-electron chi connectivity index (χ4n) is 2.21. The summed E-state index contributed by atoms with van der Waals surface area (Å²) in [6, 6.07) is 0. The molecule has 0 saturated heterocycles. The molecule has 0 aromatic rings. The Labute approximate surface area is 73.5 Å². The second-order valence-corrected chi connectivity index (χ2v) is 31.7. The van der Waals surface area contributed by atoms with Crippen molar-refractivity contribution in [2.75, 3.05) is 7.05 Å². The Balaban J connectivity index is 4.67. The zero-order chi connectivity index (χ0) is 8.98. The molecule has 1 nitrogen and oxygen atoms in total. The summed E-state index contributed by atoms with van der Waals surface area (Å²) in [7, 11) is 2.19. The van der Waals surface area contributed by atoms with Crippen LogP contribution in [0.2, 0.25) is 16.7 Å². The second kappa shape index (κ2) is 4.18. The Morgan fingerprint density at radius 1 is 0.818 bits per heavy atom. The third kappa shape index (κ3) is 1.95. The summed E-state index contributed by atoms with van der Waals surface area (Å²) in [6.45, 7) is 9.51. The second-order valence-electron chi connectivity index (χ2n) is 3.87. The SMILES string of the molecule is C[CH2][Hf]([CH2]C)([CH2]C)([CH2]C)[NH]C. The van der Waals surface area contributed by atoms with Crippen LogP contribution in [-0.2, 0) is 18.8 Å². The van der Waals surface area contributed by atoms with Crippen LogP contribution in [-0.4, -0.2) is 7.05 Å².